The third-order valence-electron chi connectivity index (χ3n) is 6.76. The van der Waals surface area contributed by atoms with E-state index in [1.807, 2.05) is 45.2 Å². The number of rotatable bonds is 5. The molecule has 1 aliphatic carbocycles. The van der Waals surface area contributed by atoms with Crippen molar-refractivity contribution in [1.82, 2.24) is 14.7 Å². The number of benzene rings is 1. The summed E-state index contributed by atoms with van der Waals surface area (Å²) in [7, 11) is 0. The number of amides is 1. The Morgan fingerprint density at radius 2 is 2.00 bits per heavy atom. The van der Waals surface area contributed by atoms with E-state index in [1.54, 1.807) is 28.8 Å². The molecule has 9 nitrogen and oxygen atoms in total. The second-order valence-electron chi connectivity index (χ2n) is 10.5. The fraction of sp³-hybridized carbons (Fsp3) is 0.556. The Kier molecular flexibility index (Phi) is 7.53. The van der Waals surface area contributed by atoms with Crippen LogP contribution in [-0.2, 0) is 14.3 Å². The van der Waals surface area contributed by atoms with Gasteiger partial charge in [0.15, 0.2) is 0 Å². The summed E-state index contributed by atoms with van der Waals surface area (Å²) < 4.78 is 19.0. The van der Waals surface area contributed by atoms with E-state index in [1.165, 1.54) is 0 Å². The molecule has 0 spiro atoms. The third-order valence-corrected chi connectivity index (χ3v) is 6.76. The smallest absolute Gasteiger partial charge is 0.411 e. The Morgan fingerprint density at radius 1 is 1.19 bits per heavy atom. The summed E-state index contributed by atoms with van der Waals surface area (Å²) in [6, 6.07) is 8.79. The molecule has 1 saturated heterocycles. The maximum absolute atomic E-state index is 12.9. The summed E-state index contributed by atoms with van der Waals surface area (Å²) >= 11 is 0. The van der Waals surface area contributed by atoms with Crippen molar-refractivity contribution in [1.29, 1.82) is 5.26 Å². The van der Waals surface area contributed by atoms with Crippen molar-refractivity contribution in [3.63, 3.8) is 0 Å². The number of nitrogens with zero attached hydrogens (tertiary/aromatic N) is 4. The second kappa shape index (κ2) is 10.6. The lowest BCUT2D eigenvalue weighted by molar-refractivity contribution is -0.153. The Balaban J connectivity index is 1.49. The lowest BCUT2D eigenvalue weighted by Crippen LogP contribution is -2.56. The first kappa shape index (κ1) is 25.5. The number of ether oxygens (including phenoxy) is 3. The molecule has 2 aromatic rings. The van der Waals surface area contributed by atoms with Gasteiger partial charge < -0.3 is 14.2 Å². The molecule has 1 aliphatic heterocycles. The van der Waals surface area contributed by atoms with Gasteiger partial charge in [0.05, 0.1) is 24.0 Å². The molecule has 1 aromatic heterocycles. The Bertz CT molecular complexity index is 1120. The van der Waals surface area contributed by atoms with Crippen molar-refractivity contribution >= 4 is 12.1 Å². The summed E-state index contributed by atoms with van der Waals surface area (Å²) in [5, 5.41) is 13.9. The van der Waals surface area contributed by atoms with Crippen molar-refractivity contribution in [2.45, 2.75) is 71.1 Å². The normalized spacial score (nSPS) is 23.8. The quantitative estimate of drug-likeness (QED) is 0.564. The topological polar surface area (TPSA) is 107 Å². The minimum atomic E-state index is -0.683. The SMILES string of the molecule is CCOC(=O)[C@@H]1C[C@@H]2C[C@@H](Oc3cc(-n4cccn4)ccc3C#N)CC[C@H]2CN1C(=O)OC(C)(C)C. The van der Waals surface area contributed by atoms with Crippen LogP contribution in [0.5, 0.6) is 5.75 Å². The van der Waals surface area contributed by atoms with Crippen LogP contribution in [0.15, 0.2) is 36.7 Å². The molecule has 4 atom stereocenters. The van der Waals surface area contributed by atoms with Gasteiger partial charge in [0, 0.05) is 25.0 Å². The number of fused-ring (bicyclic) bond motifs is 1. The number of nitriles is 1. The van der Waals surface area contributed by atoms with Gasteiger partial charge >= 0.3 is 12.1 Å². The van der Waals surface area contributed by atoms with Crippen LogP contribution in [0.2, 0.25) is 0 Å². The fourth-order valence-corrected chi connectivity index (χ4v) is 5.14. The first-order valence-corrected chi connectivity index (χ1v) is 12.6. The molecule has 4 rings (SSSR count). The number of hydrogen-bond donors (Lipinski definition) is 0. The van der Waals surface area contributed by atoms with E-state index in [-0.39, 0.29) is 24.5 Å². The summed E-state index contributed by atoms with van der Waals surface area (Å²) in [6.45, 7) is 7.91. The van der Waals surface area contributed by atoms with Crippen LogP contribution in [0.4, 0.5) is 4.79 Å². The van der Waals surface area contributed by atoms with E-state index in [0.717, 1.165) is 24.9 Å². The molecule has 1 aromatic carbocycles. The number of hydrogen-bond acceptors (Lipinski definition) is 7. The maximum atomic E-state index is 12.9. The number of esters is 1. The summed E-state index contributed by atoms with van der Waals surface area (Å²) in [4.78, 5) is 27.3. The number of piperidine rings is 1. The van der Waals surface area contributed by atoms with E-state index < -0.39 is 23.7 Å². The van der Waals surface area contributed by atoms with Crippen molar-refractivity contribution in [3.8, 4) is 17.5 Å². The van der Waals surface area contributed by atoms with Gasteiger partial charge in [-0.25, -0.2) is 14.3 Å². The molecule has 2 aliphatic rings. The number of aromatic nitrogens is 2. The molecule has 0 bridgehead atoms. The monoisotopic (exact) mass is 494 g/mol. The Morgan fingerprint density at radius 3 is 2.67 bits per heavy atom. The average Bonchev–Trinajstić information content (AvgIpc) is 3.37. The molecule has 36 heavy (non-hydrogen) atoms. The van der Waals surface area contributed by atoms with Crippen LogP contribution >= 0.6 is 0 Å². The summed E-state index contributed by atoms with van der Waals surface area (Å²) in [6.07, 6.45) is 5.85. The summed E-state index contributed by atoms with van der Waals surface area (Å²) in [5.74, 6) is 0.566. The largest absolute Gasteiger partial charge is 0.489 e. The predicted molar refractivity (Wildman–Crippen MR) is 132 cm³/mol. The van der Waals surface area contributed by atoms with Crippen LogP contribution in [0.1, 0.15) is 58.9 Å². The van der Waals surface area contributed by atoms with Gasteiger partial charge in [0.2, 0.25) is 0 Å². The van der Waals surface area contributed by atoms with E-state index in [2.05, 4.69) is 11.2 Å². The van der Waals surface area contributed by atoms with Crippen molar-refractivity contribution < 1.29 is 23.8 Å². The van der Waals surface area contributed by atoms with Gasteiger partial charge in [-0.15, -0.1) is 0 Å². The zero-order chi connectivity index (χ0) is 25.9. The highest BCUT2D eigenvalue weighted by Gasteiger charge is 2.45. The molecule has 2 fully saturated rings. The van der Waals surface area contributed by atoms with Crippen molar-refractivity contribution in [3.05, 3.63) is 42.2 Å². The minimum Gasteiger partial charge on any atom is -0.489 e. The van der Waals surface area contributed by atoms with Gasteiger partial charge in [-0.05, 0) is 83.4 Å². The first-order chi connectivity index (χ1) is 17.2. The molecule has 1 amide bonds. The van der Waals surface area contributed by atoms with Crippen molar-refractivity contribution in [2.75, 3.05) is 13.2 Å². The molecule has 0 unspecified atom stereocenters. The Labute approximate surface area is 211 Å². The summed E-state index contributed by atoms with van der Waals surface area (Å²) in [5.41, 5.74) is 0.634. The van der Waals surface area contributed by atoms with Crippen LogP contribution in [0, 0.1) is 23.2 Å². The van der Waals surface area contributed by atoms with Gasteiger partial charge in [-0.2, -0.15) is 10.4 Å². The lowest BCUT2D eigenvalue weighted by Gasteiger charge is -2.46. The molecule has 1 saturated carbocycles. The molecule has 9 heteroatoms. The van der Waals surface area contributed by atoms with Crippen molar-refractivity contribution in [2.24, 2.45) is 11.8 Å². The van der Waals surface area contributed by atoms with E-state index in [0.29, 0.717) is 24.3 Å². The highest BCUT2D eigenvalue weighted by molar-refractivity contribution is 5.82. The molecule has 0 N–H and O–H groups in total. The minimum absolute atomic E-state index is 0.0952. The fourth-order valence-electron chi connectivity index (χ4n) is 5.14. The third kappa shape index (κ3) is 5.81. The lowest BCUT2D eigenvalue weighted by atomic mass is 9.72. The highest BCUT2D eigenvalue weighted by atomic mass is 16.6. The molecular weight excluding hydrogens is 460 g/mol. The molecule has 2 heterocycles. The van der Waals surface area contributed by atoms with Gasteiger partial charge in [-0.3, -0.25) is 4.90 Å². The van der Waals surface area contributed by atoms with Crippen LogP contribution in [0.25, 0.3) is 5.69 Å². The number of likely N-dealkylation sites (tertiary alicyclic amines) is 1. The molecular formula is C27H34N4O5. The Hall–Kier alpha value is -3.54. The van der Waals surface area contributed by atoms with Crippen LogP contribution in [0.3, 0.4) is 0 Å². The first-order valence-electron chi connectivity index (χ1n) is 12.6. The highest BCUT2D eigenvalue weighted by Crippen LogP contribution is 2.41. The van der Waals surface area contributed by atoms with Gasteiger partial charge in [0.1, 0.15) is 23.5 Å². The van der Waals surface area contributed by atoms with Crippen LogP contribution < -0.4 is 4.74 Å². The number of carbonyl (C=O) groups excluding carboxylic acids is 2. The van der Waals surface area contributed by atoms with Gasteiger partial charge in [0.25, 0.3) is 0 Å². The van der Waals surface area contributed by atoms with E-state index in [4.69, 9.17) is 14.2 Å². The zero-order valence-corrected chi connectivity index (χ0v) is 21.3. The maximum Gasteiger partial charge on any atom is 0.411 e. The second-order valence-corrected chi connectivity index (χ2v) is 10.5. The van der Waals surface area contributed by atoms with Crippen LogP contribution in [-0.4, -0.2) is 57.6 Å². The zero-order valence-electron chi connectivity index (χ0n) is 21.3. The molecule has 192 valence electrons. The van der Waals surface area contributed by atoms with E-state index in [9.17, 15) is 14.9 Å². The number of carbonyl (C=O) groups is 2. The predicted octanol–water partition coefficient (Wildman–Crippen LogP) is 4.48. The standard InChI is InChI=1S/C27H34N4O5/c1-5-34-25(32)23-14-20-13-22(10-8-19(20)17-30(23)26(33)36-27(2,3)4)35-24-15-21(9-7-18(24)16-28)31-12-6-11-29-31/h6-7,9,11-12,15,19-20,22-23H,5,8,10,13-14,17H2,1-4H3/t19-,20-,22-,23-/m0/s1. The average molecular weight is 495 g/mol. The molecule has 0 radical (unpaired) electrons. The van der Waals surface area contributed by atoms with E-state index >= 15 is 0 Å². The van der Waals surface area contributed by atoms with Gasteiger partial charge in [-0.1, -0.05) is 0 Å².